The van der Waals surface area contributed by atoms with Crippen molar-refractivity contribution in [1.29, 1.82) is 0 Å². The lowest BCUT2D eigenvalue weighted by Gasteiger charge is -2.16. The highest BCUT2D eigenvalue weighted by Crippen LogP contribution is 2.49. The second-order valence-corrected chi connectivity index (χ2v) is 9.97. The van der Waals surface area contributed by atoms with Crippen LogP contribution in [0.15, 0.2) is 12.1 Å². The highest BCUT2D eigenvalue weighted by atomic mass is 16.5. The monoisotopic (exact) mass is 384 g/mol. The lowest BCUT2D eigenvalue weighted by molar-refractivity contribution is -0.135. The summed E-state index contributed by atoms with van der Waals surface area (Å²) in [6.07, 6.45) is 17.7. The van der Waals surface area contributed by atoms with E-state index < -0.39 is 0 Å². The number of benzene rings is 1. The Balaban J connectivity index is 1.39. The standard InChI is InChI=1S/C26H40O2/c1-21-12-13-23(10-7-9-15-26(18-19-26)28-20-27)22(2)24(21)11-6-4-5-8-14-25(3)16-17-25/h12-13,20H,4-11,14-19H2,1-3H3. The Hall–Kier alpha value is -1.31. The minimum atomic E-state index is -0.0911. The Labute approximate surface area is 172 Å². The zero-order valence-corrected chi connectivity index (χ0v) is 18.4. The number of carbonyl (C=O) groups excluding carboxylic acids is 1. The first-order valence-corrected chi connectivity index (χ1v) is 11.7. The smallest absolute Gasteiger partial charge is 0.293 e. The van der Waals surface area contributed by atoms with E-state index in [9.17, 15) is 4.79 Å². The fourth-order valence-corrected chi connectivity index (χ4v) is 4.70. The summed E-state index contributed by atoms with van der Waals surface area (Å²) in [7, 11) is 0. The molecular weight excluding hydrogens is 344 g/mol. The minimum Gasteiger partial charge on any atom is -0.461 e. The first kappa shape index (κ1) is 21.4. The summed E-state index contributed by atoms with van der Waals surface area (Å²) < 4.78 is 5.26. The average molecular weight is 385 g/mol. The van der Waals surface area contributed by atoms with Crippen LogP contribution in [0.3, 0.4) is 0 Å². The fourth-order valence-electron chi connectivity index (χ4n) is 4.70. The van der Waals surface area contributed by atoms with Gasteiger partial charge in [-0.25, -0.2) is 0 Å². The molecule has 0 heterocycles. The summed E-state index contributed by atoms with van der Waals surface area (Å²) in [5.41, 5.74) is 6.73. The number of hydrogen-bond acceptors (Lipinski definition) is 2. The molecule has 2 aliphatic rings. The molecule has 0 unspecified atom stereocenters. The van der Waals surface area contributed by atoms with Gasteiger partial charge in [-0.3, -0.25) is 4.79 Å². The number of aryl methyl sites for hydroxylation is 2. The van der Waals surface area contributed by atoms with Gasteiger partial charge in [0.1, 0.15) is 5.60 Å². The Morgan fingerprint density at radius 1 is 0.893 bits per heavy atom. The van der Waals surface area contributed by atoms with Crippen molar-refractivity contribution >= 4 is 6.47 Å². The molecule has 0 bridgehead atoms. The Bertz CT molecular complexity index is 653. The van der Waals surface area contributed by atoms with Crippen LogP contribution >= 0.6 is 0 Å². The highest BCUT2D eigenvalue weighted by Gasteiger charge is 2.44. The van der Waals surface area contributed by atoms with Gasteiger partial charge in [0.05, 0.1) is 0 Å². The molecular formula is C26H40O2. The molecule has 2 saturated carbocycles. The van der Waals surface area contributed by atoms with Crippen molar-refractivity contribution in [2.24, 2.45) is 5.41 Å². The van der Waals surface area contributed by atoms with Gasteiger partial charge in [0.25, 0.3) is 6.47 Å². The largest absolute Gasteiger partial charge is 0.461 e. The maximum absolute atomic E-state index is 10.6. The highest BCUT2D eigenvalue weighted by molar-refractivity contribution is 5.40. The van der Waals surface area contributed by atoms with Gasteiger partial charge < -0.3 is 4.74 Å². The molecule has 0 N–H and O–H groups in total. The molecule has 28 heavy (non-hydrogen) atoms. The van der Waals surface area contributed by atoms with E-state index in [1.807, 2.05) is 0 Å². The second-order valence-electron chi connectivity index (χ2n) is 9.97. The van der Waals surface area contributed by atoms with E-state index in [2.05, 4.69) is 32.9 Å². The Morgan fingerprint density at radius 2 is 1.57 bits per heavy atom. The van der Waals surface area contributed by atoms with E-state index in [0.29, 0.717) is 6.47 Å². The summed E-state index contributed by atoms with van der Waals surface area (Å²) in [5.74, 6) is 0. The number of rotatable bonds is 14. The zero-order chi connectivity index (χ0) is 20.0. The van der Waals surface area contributed by atoms with Crippen molar-refractivity contribution in [2.45, 2.75) is 116 Å². The van der Waals surface area contributed by atoms with Crippen LogP contribution in [-0.4, -0.2) is 12.1 Å². The molecule has 0 radical (unpaired) electrons. The van der Waals surface area contributed by atoms with Crippen LogP contribution < -0.4 is 0 Å². The average Bonchev–Trinajstić information content (AvgIpc) is 3.59. The van der Waals surface area contributed by atoms with Crippen molar-refractivity contribution in [3.63, 3.8) is 0 Å². The molecule has 2 fully saturated rings. The quantitative estimate of drug-likeness (QED) is 0.254. The van der Waals surface area contributed by atoms with E-state index in [1.165, 1.54) is 74.5 Å². The maximum Gasteiger partial charge on any atom is 0.293 e. The van der Waals surface area contributed by atoms with Crippen LogP contribution in [0, 0.1) is 19.3 Å². The molecule has 0 saturated heterocycles. The fraction of sp³-hybridized carbons (Fsp3) is 0.731. The molecule has 156 valence electrons. The van der Waals surface area contributed by atoms with Crippen molar-refractivity contribution in [3.8, 4) is 0 Å². The molecule has 2 heteroatoms. The van der Waals surface area contributed by atoms with Gasteiger partial charge in [0.2, 0.25) is 0 Å². The van der Waals surface area contributed by atoms with Crippen LogP contribution in [0.25, 0.3) is 0 Å². The molecule has 0 amide bonds. The van der Waals surface area contributed by atoms with Crippen molar-refractivity contribution in [3.05, 3.63) is 34.4 Å². The molecule has 0 aromatic heterocycles. The summed E-state index contributed by atoms with van der Waals surface area (Å²) in [5, 5.41) is 0. The summed E-state index contributed by atoms with van der Waals surface area (Å²) in [6.45, 7) is 7.68. The molecule has 0 spiro atoms. The van der Waals surface area contributed by atoms with Crippen LogP contribution in [0.2, 0.25) is 0 Å². The zero-order valence-electron chi connectivity index (χ0n) is 18.4. The molecule has 1 aromatic carbocycles. The molecule has 0 atom stereocenters. The molecule has 0 aliphatic heterocycles. The van der Waals surface area contributed by atoms with E-state index in [4.69, 9.17) is 4.74 Å². The van der Waals surface area contributed by atoms with Gasteiger partial charge in [-0.15, -0.1) is 0 Å². The minimum absolute atomic E-state index is 0.0911. The molecule has 2 nitrogen and oxygen atoms in total. The number of ether oxygens (including phenoxy) is 1. The predicted octanol–water partition coefficient (Wildman–Crippen LogP) is 7.01. The van der Waals surface area contributed by atoms with Gasteiger partial charge in [-0.05, 0) is 112 Å². The lowest BCUT2D eigenvalue weighted by atomic mass is 9.91. The third-order valence-corrected chi connectivity index (χ3v) is 7.44. The van der Waals surface area contributed by atoms with Gasteiger partial charge in [0, 0.05) is 0 Å². The van der Waals surface area contributed by atoms with Crippen molar-refractivity contribution in [1.82, 2.24) is 0 Å². The third kappa shape index (κ3) is 6.09. The Kier molecular flexibility index (Phi) is 7.23. The summed E-state index contributed by atoms with van der Waals surface area (Å²) in [4.78, 5) is 10.6. The third-order valence-electron chi connectivity index (χ3n) is 7.44. The van der Waals surface area contributed by atoms with Gasteiger partial charge in [-0.1, -0.05) is 38.3 Å². The first-order chi connectivity index (χ1) is 13.5. The summed E-state index contributed by atoms with van der Waals surface area (Å²) in [6, 6.07) is 4.66. The summed E-state index contributed by atoms with van der Waals surface area (Å²) >= 11 is 0. The van der Waals surface area contributed by atoms with Crippen molar-refractivity contribution < 1.29 is 9.53 Å². The normalized spacial score (nSPS) is 18.7. The van der Waals surface area contributed by atoms with E-state index >= 15 is 0 Å². The van der Waals surface area contributed by atoms with E-state index in [0.717, 1.165) is 37.5 Å². The number of unbranched alkanes of at least 4 members (excludes halogenated alkanes) is 4. The predicted molar refractivity (Wildman–Crippen MR) is 117 cm³/mol. The van der Waals surface area contributed by atoms with E-state index in [-0.39, 0.29) is 5.60 Å². The SMILES string of the molecule is Cc1ccc(CCCCC2(OC=O)CC2)c(C)c1CCCCCCC1(C)CC1. The molecule has 1 aromatic rings. The van der Waals surface area contributed by atoms with Gasteiger partial charge in [-0.2, -0.15) is 0 Å². The topological polar surface area (TPSA) is 26.3 Å². The van der Waals surface area contributed by atoms with Crippen LogP contribution in [0.5, 0.6) is 0 Å². The van der Waals surface area contributed by atoms with Gasteiger partial charge in [0.15, 0.2) is 0 Å². The second kappa shape index (κ2) is 9.46. The van der Waals surface area contributed by atoms with Crippen molar-refractivity contribution in [2.75, 3.05) is 0 Å². The lowest BCUT2D eigenvalue weighted by Crippen LogP contribution is -2.12. The number of hydrogen-bond donors (Lipinski definition) is 0. The first-order valence-electron chi connectivity index (χ1n) is 11.7. The van der Waals surface area contributed by atoms with Crippen LogP contribution in [0.4, 0.5) is 0 Å². The van der Waals surface area contributed by atoms with Crippen LogP contribution in [0.1, 0.15) is 106 Å². The molecule has 2 aliphatic carbocycles. The van der Waals surface area contributed by atoms with Crippen LogP contribution in [-0.2, 0) is 22.4 Å². The molecule has 3 rings (SSSR count). The Morgan fingerprint density at radius 3 is 2.25 bits per heavy atom. The maximum atomic E-state index is 10.6. The number of carbonyl (C=O) groups is 1. The van der Waals surface area contributed by atoms with Gasteiger partial charge >= 0.3 is 0 Å². The van der Waals surface area contributed by atoms with E-state index in [1.54, 1.807) is 5.56 Å².